The number of nitriles is 1. The zero-order valence-electron chi connectivity index (χ0n) is 21.5. The molecule has 178 valence electrons. The number of hydrogen-bond acceptors (Lipinski definition) is 5. The first-order valence-corrected chi connectivity index (χ1v) is 11.1. The molecule has 0 aliphatic heterocycles. The lowest BCUT2D eigenvalue weighted by molar-refractivity contribution is 0.277. The van der Waals surface area contributed by atoms with E-state index in [9.17, 15) is 5.26 Å². The van der Waals surface area contributed by atoms with Crippen molar-refractivity contribution in [3.8, 4) is 17.6 Å². The van der Waals surface area contributed by atoms with Gasteiger partial charge in [-0.1, -0.05) is 71.5 Å². The molecule has 5 heteroatoms. The van der Waals surface area contributed by atoms with Crippen molar-refractivity contribution in [2.24, 2.45) is 0 Å². The van der Waals surface area contributed by atoms with Gasteiger partial charge in [0.2, 0.25) is 0 Å². The standard InChI is InChI=1S/C21H24N2O2.C2H6O.2C2H6/c1-5-12-23(13-11-22)19-15-21(25-4)20(24-3)14-18(19)16(2)17-9-7-6-8-10-17;1-3-2;2*1-2/h6-10,14-15H,2,5,12-13H2,1,3-4H3;1-2H3;2*1-2H3. The van der Waals surface area contributed by atoms with Crippen LogP contribution in [0, 0.1) is 11.3 Å². The van der Waals surface area contributed by atoms with Gasteiger partial charge in [0.05, 0.1) is 20.3 Å². The lowest BCUT2D eigenvalue weighted by Gasteiger charge is -2.26. The number of anilines is 1. The van der Waals surface area contributed by atoms with Crippen molar-refractivity contribution in [1.82, 2.24) is 0 Å². The Labute approximate surface area is 196 Å². The van der Waals surface area contributed by atoms with Crippen molar-refractivity contribution in [1.29, 1.82) is 5.26 Å². The summed E-state index contributed by atoms with van der Waals surface area (Å²) in [6.07, 6.45) is 0.938. The second-order valence-electron chi connectivity index (χ2n) is 6.06. The molecule has 0 amide bonds. The Morgan fingerprint density at radius 2 is 1.44 bits per heavy atom. The molecule has 0 bridgehead atoms. The van der Waals surface area contributed by atoms with E-state index in [1.807, 2.05) is 75.1 Å². The van der Waals surface area contributed by atoms with Crippen molar-refractivity contribution >= 4 is 11.3 Å². The molecule has 2 aromatic rings. The van der Waals surface area contributed by atoms with E-state index in [4.69, 9.17) is 9.47 Å². The third kappa shape index (κ3) is 9.89. The van der Waals surface area contributed by atoms with Gasteiger partial charge in [-0.3, -0.25) is 0 Å². The highest BCUT2D eigenvalue weighted by Crippen LogP contribution is 2.39. The molecular formula is C27H42N2O3. The van der Waals surface area contributed by atoms with Gasteiger partial charge in [0, 0.05) is 38.1 Å². The molecule has 0 heterocycles. The Balaban J connectivity index is 0. The monoisotopic (exact) mass is 442 g/mol. The van der Waals surface area contributed by atoms with Gasteiger partial charge in [0.25, 0.3) is 0 Å². The molecule has 0 atom stereocenters. The second kappa shape index (κ2) is 20.0. The Hall–Kier alpha value is -2.97. The molecular weight excluding hydrogens is 400 g/mol. The molecule has 0 saturated heterocycles. The summed E-state index contributed by atoms with van der Waals surface area (Å²) >= 11 is 0. The number of rotatable bonds is 8. The number of methoxy groups -OCH3 is 3. The van der Waals surface area contributed by atoms with Crippen molar-refractivity contribution < 1.29 is 14.2 Å². The molecule has 0 radical (unpaired) electrons. The largest absolute Gasteiger partial charge is 0.493 e. The van der Waals surface area contributed by atoms with Gasteiger partial charge in [-0.05, 0) is 23.6 Å². The van der Waals surface area contributed by atoms with Crippen LogP contribution in [0.4, 0.5) is 5.69 Å². The van der Waals surface area contributed by atoms with Crippen LogP contribution in [0.25, 0.3) is 5.57 Å². The van der Waals surface area contributed by atoms with E-state index in [0.29, 0.717) is 18.0 Å². The molecule has 0 saturated carbocycles. The highest BCUT2D eigenvalue weighted by atomic mass is 16.5. The topological polar surface area (TPSA) is 54.7 Å². The first kappa shape index (κ1) is 31.2. The van der Waals surface area contributed by atoms with Gasteiger partial charge >= 0.3 is 0 Å². The van der Waals surface area contributed by atoms with Gasteiger partial charge in [-0.25, -0.2) is 0 Å². The molecule has 0 spiro atoms. The third-order valence-electron chi connectivity index (χ3n) is 4.05. The summed E-state index contributed by atoms with van der Waals surface area (Å²) in [6, 6.07) is 16.1. The molecule has 2 aromatic carbocycles. The summed E-state index contributed by atoms with van der Waals surface area (Å²) in [5.74, 6) is 1.29. The number of nitrogens with zero attached hydrogens (tertiary/aromatic N) is 2. The lowest BCUT2D eigenvalue weighted by atomic mass is 9.96. The molecule has 0 unspecified atom stereocenters. The smallest absolute Gasteiger partial charge is 0.162 e. The molecule has 0 fully saturated rings. The minimum Gasteiger partial charge on any atom is -0.493 e. The fourth-order valence-corrected chi connectivity index (χ4v) is 2.81. The minimum atomic E-state index is 0.304. The van der Waals surface area contributed by atoms with Crippen LogP contribution in [-0.4, -0.2) is 41.5 Å². The van der Waals surface area contributed by atoms with E-state index in [1.165, 1.54) is 0 Å². The fourth-order valence-electron chi connectivity index (χ4n) is 2.81. The van der Waals surface area contributed by atoms with Crippen molar-refractivity contribution in [2.75, 3.05) is 46.4 Å². The highest BCUT2D eigenvalue weighted by molar-refractivity contribution is 5.87. The average Bonchev–Trinajstić information content (AvgIpc) is 2.86. The Morgan fingerprint density at radius 3 is 1.88 bits per heavy atom. The van der Waals surface area contributed by atoms with Gasteiger partial charge < -0.3 is 19.1 Å². The van der Waals surface area contributed by atoms with Gasteiger partial charge in [0.1, 0.15) is 6.54 Å². The summed E-state index contributed by atoms with van der Waals surface area (Å²) in [5, 5.41) is 9.23. The maximum absolute atomic E-state index is 9.23. The van der Waals surface area contributed by atoms with E-state index < -0.39 is 0 Å². The van der Waals surface area contributed by atoms with Crippen LogP contribution < -0.4 is 14.4 Å². The Morgan fingerprint density at radius 1 is 0.938 bits per heavy atom. The molecule has 0 aromatic heterocycles. The number of ether oxygens (including phenoxy) is 3. The highest BCUT2D eigenvalue weighted by Gasteiger charge is 2.18. The van der Waals surface area contributed by atoms with Crippen molar-refractivity contribution in [3.63, 3.8) is 0 Å². The molecule has 0 aliphatic rings. The van der Waals surface area contributed by atoms with Crippen LogP contribution in [0.3, 0.4) is 0 Å². The zero-order valence-corrected chi connectivity index (χ0v) is 21.5. The lowest BCUT2D eigenvalue weighted by Crippen LogP contribution is -2.25. The van der Waals surface area contributed by atoms with Crippen LogP contribution in [0.5, 0.6) is 11.5 Å². The maximum Gasteiger partial charge on any atom is 0.162 e. The number of hydrogen-bond donors (Lipinski definition) is 0. The Kier molecular flexibility index (Phi) is 19.5. The zero-order chi connectivity index (χ0) is 24.9. The second-order valence-corrected chi connectivity index (χ2v) is 6.06. The summed E-state index contributed by atoms with van der Waals surface area (Å²) < 4.78 is 15.2. The number of benzene rings is 2. The average molecular weight is 443 g/mol. The van der Waals surface area contributed by atoms with Gasteiger partial charge in [0.15, 0.2) is 11.5 Å². The van der Waals surface area contributed by atoms with E-state index >= 15 is 0 Å². The SMILES string of the molecule is C=C(c1ccccc1)c1cc(OC)c(OC)cc1N(CC#N)CCC.CC.CC.COC. The van der Waals surface area contributed by atoms with Crippen LogP contribution in [0.15, 0.2) is 49.0 Å². The van der Waals surface area contributed by atoms with Gasteiger partial charge in [-0.15, -0.1) is 0 Å². The summed E-state index contributed by atoms with van der Waals surface area (Å²) in [4.78, 5) is 2.05. The minimum absolute atomic E-state index is 0.304. The Bertz CT molecular complexity index is 783. The normalized spacial score (nSPS) is 8.75. The van der Waals surface area contributed by atoms with Gasteiger partial charge in [-0.2, -0.15) is 5.26 Å². The fraction of sp³-hybridized carbons (Fsp3) is 0.444. The quantitative estimate of drug-likeness (QED) is 0.420. The summed E-state index contributed by atoms with van der Waals surface area (Å²) in [7, 11) is 6.48. The van der Waals surface area contributed by atoms with E-state index in [2.05, 4.69) is 24.3 Å². The first-order valence-electron chi connectivity index (χ1n) is 11.1. The molecule has 0 aliphatic carbocycles. The van der Waals surface area contributed by atoms with Crippen LogP contribution >= 0.6 is 0 Å². The van der Waals surface area contributed by atoms with Crippen LogP contribution in [0.1, 0.15) is 52.2 Å². The summed E-state index contributed by atoms with van der Waals surface area (Å²) in [5.41, 5.74) is 3.78. The molecule has 5 nitrogen and oxygen atoms in total. The maximum atomic E-state index is 9.23. The van der Waals surface area contributed by atoms with Crippen molar-refractivity contribution in [3.05, 3.63) is 60.2 Å². The van der Waals surface area contributed by atoms with Crippen molar-refractivity contribution in [2.45, 2.75) is 41.0 Å². The molecule has 32 heavy (non-hydrogen) atoms. The predicted molar refractivity (Wildman–Crippen MR) is 138 cm³/mol. The van der Waals surface area contributed by atoms with E-state index in [-0.39, 0.29) is 0 Å². The third-order valence-corrected chi connectivity index (χ3v) is 4.05. The first-order chi connectivity index (χ1) is 15.6. The molecule has 2 rings (SSSR count). The van der Waals surface area contributed by atoms with Crippen LogP contribution in [-0.2, 0) is 4.74 Å². The molecule has 0 N–H and O–H groups in total. The van der Waals surface area contributed by atoms with E-state index in [0.717, 1.165) is 35.4 Å². The van der Waals surface area contributed by atoms with Crippen LogP contribution in [0.2, 0.25) is 0 Å². The van der Waals surface area contributed by atoms with E-state index in [1.54, 1.807) is 28.4 Å². The summed E-state index contributed by atoms with van der Waals surface area (Å²) in [6.45, 7) is 15.5. The predicted octanol–water partition coefficient (Wildman–Crippen LogP) is 6.82.